The maximum absolute atomic E-state index is 12.1. The Balaban J connectivity index is 2.50. The molecular weight excluding hydrogens is 287 g/mol. The van der Waals surface area contributed by atoms with Crippen LogP contribution in [0.4, 0.5) is 13.2 Å². The minimum absolute atomic E-state index is 0.253. The number of pyridine rings is 1. The molecule has 0 amide bonds. The first-order valence-electron chi connectivity index (χ1n) is 4.25. The van der Waals surface area contributed by atoms with Gasteiger partial charge in [-0.2, -0.15) is 0 Å². The molecule has 1 heterocycles. The second kappa shape index (κ2) is 3.93. The molecule has 0 radical (unpaired) electrons. The topological polar surface area (TPSA) is 22.1 Å². The zero-order valence-electron chi connectivity index (χ0n) is 7.75. The Hall–Kier alpha value is -1.30. The van der Waals surface area contributed by atoms with Crippen LogP contribution in [0.1, 0.15) is 0 Å². The van der Waals surface area contributed by atoms with Gasteiger partial charge in [-0.25, -0.2) is 0 Å². The molecule has 2 aromatic rings. The number of alkyl halides is 3. The maximum atomic E-state index is 12.1. The monoisotopic (exact) mass is 291 g/mol. The highest BCUT2D eigenvalue weighted by Crippen LogP contribution is 2.33. The third-order valence-corrected chi connectivity index (χ3v) is 2.54. The van der Waals surface area contributed by atoms with Gasteiger partial charge in [0.2, 0.25) is 0 Å². The number of benzene rings is 1. The number of rotatable bonds is 1. The van der Waals surface area contributed by atoms with Gasteiger partial charge in [-0.15, -0.1) is 13.2 Å². The molecular formula is C10H5BrF3NO. The number of hydrogen-bond acceptors (Lipinski definition) is 2. The average molecular weight is 292 g/mol. The van der Waals surface area contributed by atoms with Crippen molar-refractivity contribution < 1.29 is 17.9 Å². The van der Waals surface area contributed by atoms with Crippen molar-refractivity contribution in [3.63, 3.8) is 0 Å². The molecule has 0 spiro atoms. The van der Waals surface area contributed by atoms with Crippen LogP contribution < -0.4 is 4.74 Å². The standard InChI is InChI=1S/C10H5BrF3NO/c11-8-3-6-1-2-15-5-7(6)4-9(8)16-10(12,13)14/h1-5H. The quantitative estimate of drug-likeness (QED) is 0.795. The zero-order valence-corrected chi connectivity index (χ0v) is 9.34. The van der Waals surface area contributed by atoms with Crippen LogP contribution in [-0.2, 0) is 0 Å². The van der Waals surface area contributed by atoms with E-state index in [2.05, 4.69) is 25.7 Å². The highest BCUT2D eigenvalue weighted by molar-refractivity contribution is 9.10. The lowest BCUT2D eigenvalue weighted by Crippen LogP contribution is -2.17. The second-order valence-corrected chi connectivity index (χ2v) is 3.91. The Morgan fingerprint density at radius 2 is 1.94 bits per heavy atom. The summed E-state index contributed by atoms with van der Waals surface area (Å²) in [6, 6.07) is 4.55. The van der Waals surface area contributed by atoms with Gasteiger partial charge in [0.05, 0.1) is 4.47 Å². The molecule has 6 heteroatoms. The fourth-order valence-corrected chi connectivity index (χ4v) is 1.73. The molecule has 16 heavy (non-hydrogen) atoms. The lowest BCUT2D eigenvalue weighted by atomic mass is 10.2. The smallest absolute Gasteiger partial charge is 0.405 e. The summed E-state index contributed by atoms with van der Waals surface area (Å²) in [6.45, 7) is 0. The summed E-state index contributed by atoms with van der Waals surface area (Å²) < 4.78 is 40.3. The largest absolute Gasteiger partial charge is 0.573 e. The minimum Gasteiger partial charge on any atom is -0.405 e. The molecule has 0 saturated carbocycles. The summed E-state index contributed by atoms with van der Waals surface area (Å²) in [5.41, 5.74) is 0. The van der Waals surface area contributed by atoms with Gasteiger partial charge in [-0.3, -0.25) is 4.98 Å². The fraction of sp³-hybridized carbons (Fsp3) is 0.100. The SMILES string of the molecule is FC(F)(F)Oc1cc2cnccc2cc1Br. The first-order valence-corrected chi connectivity index (χ1v) is 5.04. The molecule has 1 aromatic heterocycles. The molecule has 0 fully saturated rings. The van der Waals surface area contributed by atoms with E-state index in [9.17, 15) is 13.2 Å². The van der Waals surface area contributed by atoms with E-state index in [1.54, 1.807) is 18.3 Å². The van der Waals surface area contributed by atoms with Gasteiger partial charge in [0, 0.05) is 17.8 Å². The summed E-state index contributed by atoms with van der Waals surface area (Å²) >= 11 is 3.02. The lowest BCUT2D eigenvalue weighted by Gasteiger charge is -2.11. The van der Waals surface area contributed by atoms with E-state index in [1.165, 1.54) is 12.3 Å². The van der Waals surface area contributed by atoms with Gasteiger partial charge in [0.25, 0.3) is 0 Å². The van der Waals surface area contributed by atoms with Crippen LogP contribution in [0.3, 0.4) is 0 Å². The van der Waals surface area contributed by atoms with E-state index in [-0.39, 0.29) is 10.2 Å². The molecule has 1 aromatic carbocycles. The van der Waals surface area contributed by atoms with Crippen molar-refractivity contribution in [2.75, 3.05) is 0 Å². The Kier molecular flexibility index (Phi) is 2.75. The Labute approximate surface area is 97.2 Å². The van der Waals surface area contributed by atoms with Crippen LogP contribution in [0.25, 0.3) is 10.8 Å². The molecule has 0 atom stereocenters. The molecule has 2 nitrogen and oxygen atoms in total. The fourth-order valence-electron chi connectivity index (χ4n) is 1.29. The van der Waals surface area contributed by atoms with Crippen LogP contribution in [0.5, 0.6) is 5.75 Å². The van der Waals surface area contributed by atoms with E-state index >= 15 is 0 Å². The van der Waals surface area contributed by atoms with E-state index in [1.807, 2.05) is 0 Å². The second-order valence-electron chi connectivity index (χ2n) is 3.05. The summed E-state index contributed by atoms with van der Waals surface area (Å²) in [5, 5.41) is 1.38. The van der Waals surface area contributed by atoms with Crippen LogP contribution >= 0.6 is 15.9 Å². The first-order chi connectivity index (χ1) is 7.46. The van der Waals surface area contributed by atoms with Crippen LogP contribution in [0.2, 0.25) is 0 Å². The molecule has 0 aliphatic heterocycles. The van der Waals surface area contributed by atoms with Crippen molar-refractivity contribution in [2.45, 2.75) is 6.36 Å². The van der Waals surface area contributed by atoms with Crippen LogP contribution in [0.15, 0.2) is 35.1 Å². The Morgan fingerprint density at radius 1 is 1.19 bits per heavy atom. The Bertz CT molecular complexity index is 527. The first kappa shape index (κ1) is 11.2. The maximum Gasteiger partial charge on any atom is 0.573 e. The molecule has 0 aliphatic carbocycles. The highest BCUT2D eigenvalue weighted by atomic mass is 79.9. The predicted octanol–water partition coefficient (Wildman–Crippen LogP) is 3.90. The van der Waals surface area contributed by atoms with Crippen molar-refractivity contribution in [1.29, 1.82) is 0 Å². The third-order valence-electron chi connectivity index (χ3n) is 1.92. The van der Waals surface area contributed by atoms with Gasteiger partial charge in [0.15, 0.2) is 0 Å². The van der Waals surface area contributed by atoms with Crippen molar-refractivity contribution in [3.05, 3.63) is 35.1 Å². The zero-order chi connectivity index (χ0) is 11.8. The van der Waals surface area contributed by atoms with Gasteiger partial charge in [-0.05, 0) is 39.5 Å². The summed E-state index contributed by atoms with van der Waals surface area (Å²) in [6.07, 6.45) is -1.65. The van der Waals surface area contributed by atoms with Crippen molar-refractivity contribution in [3.8, 4) is 5.75 Å². The van der Waals surface area contributed by atoms with E-state index in [4.69, 9.17) is 0 Å². The van der Waals surface area contributed by atoms with Gasteiger partial charge >= 0.3 is 6.36 Å². The van der Waals surface area contributed by atoms with Crippen molar-refractivity contribution in [2.24, 2.45) is 0 Å². The highest BCUT2D eigenvalue weighted by Gasteiger charge is 2.32. The normalized spacial score (nSPS) is 11.8. The summed E-state index contributed by atoms with van der Waals surface area (Å²) in [4.78, 5) is 3.83. The third kappa shape index (κ3) is 2.44. The van der Waals surface area contributed by atoms with Crippen molar-refractivity contribution >= 4 is 26.7 Å². The van der Waals surface area contributed by atoms with Crippen LogP contribution in [-0.4, -0.2) is 11.3 Å². The number of fused-ring (bicyclic) bond motifs is 1. The summed E-state index contributed by atoms with van der Waals surface area (Å²) in [7, 11) is 0. The molecule has 0 bridgehead atoms. The number of aromatic nitrogens is 1. The molecule has 0 aliphatic rings. The van der Waals surface area contributed by atoms with Gasteiger partial charge in [-0.1, -0.05) is 0 Å². The molecule has 0 unspecified atom stereocenters. The van der Waals surface area contributed by atoms with Gasteiger partial charge in [0.1, 0.15) is 5.75 Å². The van der Waals surface area contributed by atoms with Crippen LogP contribution in [0, 0.1) is 0 Å². The number of ether oxygens (including phenoxy) is 1. The van der Waals surface area contributed by atoms with E-state index in [0.29, 0.717) is 5.39 Å². The molecule has 0 saturated heterocycles. The average Bonchev–Trinajstić information content (AvgIpc) is 2.17. The predicted molar refractivity (Wildman–Crippen MR) is 56.1 cm³/mol. The molecule has 0 N–H and O–H groups in total. The number of halogens is 4. The lowest BCUT2D eigenvalue weighted by molar-refractivity contribution is -0.274. The Morgan fingerprint density at radius 3 is 2.62 bits per heavy atom. The van der Waals surface area contributed by atoms with E-state index < -0.39 is 6.36 Å². The summed E-state index contributed by atoms with van der Waals surface area (Å²) in [5.74, 6) is -0.270. The minimum atomic E-state index is -4.70. The van der Waals surface area contributed by atoms with E-state index in [0.717, 1.165) is 5.39 Å². The molecule has 2 rings (SSSR count). The number of hydrogen-bond donors (Lipinski definition) is 0. The molecule has 84 valence electrons. The van der Waals surface area contributed by atoms with Gasteiger partial charge < -0.3 is 4.74 Å². The van der Waals surface area contributed by atoms with Crippen molar-refractivity contribution in [1.82, 2.24) is 4.98 Å². The number of nitrogens with zero attached hydrogens (tertiary/aromatic N) is 1.